The maximum absolute atomic E-state index is 12.6. The van der Waals surface area contributed by atoms with E-state index >= 15 is 0 Å². The zero-order chi connectivity index (χ0) is 19.6. The lowest BCUT2D eigenvalue weighted by Crippen LogP contribution is -2.11. The molecule has 0 aliphatic rings. The first-order chi connectivity index (χ1) is 14.3. The van der Waals surface area contributed by atoms with Gasteiger partial charge in [0.05, 0.1) is 23.1 Å². The van der Waals surface area contributed by atoms with Gasteiger partial charge in [-0.05, 0) is 42.5 Å². The van der Waals surface area contributed by atoms with Gasteiger partial charge in [0.25, 0.3) is 5.91 Å². The molecule has 0 spiro atoms. The minimum Gasteiger partial charge on any atom is -0.321 e. The summed E-state index contributed by atoms with van der Waals surface area (Å²) < 4.78 is 0. The Morgan fingerprint density at radius 1 is 0.966 bits per heavy atom. The first-order valence-corrected chi connectivity index (χ1v) is 8.94. The van der Waals surface area contributed by atoms with E-state index in [0.717, 1.165) is 27.7 Å². The fraction of sp³-hybridized carbons (Fsp3) is 0. The molecule has 5 aromatic rings. The summed E-state index contributed by atoms with van der Waals surface area (Å²) in [6.07, 6.45) is 4.81. The van der Waals surface area contributed by atoms with E-state index in [2.05, 4.69) is 35.7 Å². The fourth-order valence-electron chi connectivity index (χ4n) is 3.17. The van der Waals surface area contributed by atoms with Gasteiger partial charge in [-0.15, -0.1) is 0 Å². The standard InChI is InChI=1S/C21H15N7O/c29-21(25-16-5-2-8-22-11-16)15-4-1-3-13(9-15)19-17-10-14(20-23-12-24-28-20)6-7-18(17)26-27-19/h1-12H,(H,25,29)(H,26,27)(H,23,24,28). The van der Waals surface area contributed by atoms with Crippen LogP contribution in [0.5, 0.6) is 0 Å². The molecule has 8 nitrogen and oxygen atoms in total. The number of carbonyl (C=O) groups excluding carboxylic acids is 1. The fourth-order valence-corrected chi connectivity index (χ4v) is 3.17. The molecule has 29 heavy (non-hydrogen) atoms. The molecule has 0 saturated carbocycles. The first kappa shape index (κ1) is 16.8. The van der Waals surface area contributed by atoms with Crippen LogP contribution in [0.2, 0.25) is 0 Å². The van der Waals surface area contributed by atoms with Crippen molar-refractivity contribution in [1.82, 2.24) is 30.4 Å². The number of hydrogen-bond acceptors (Lipinski definition) is 5. The summed E-state index contributed by atoms with van der Waals surface area (Å²) in [7, 11) is 0. The molecular formula is C21H15N7O. The zero-order valence-electron chi connectivity index (χ0n) is 15.1. The number of aromatic nitrogens is 6. The lowest BCUT2D eigenvalue weighted by atomic mass is 10.0. The highest BCUT2D eigenvalue weighted by atomic mass is 16.1. The van der Waals surface area contributed by atoms with Crippen molar-refractivity contribution in [3.63, 3.8) is 0 Å². The summed E-state index contributed by atoms with van der Waals surface area (Å²) in [5.74, 6) is 0.407. The zero-order valence-corrected chi connectivity index (χ0v) is 15.1. The van der Waals surface area contributed by atoms with Gasteiger partial charge >= 0.3 is 0 Å². The number of aromatic amines is 2. The Kier molecular flexibility index (Phi) is 4.06. The predicted molar refractivity (Wildman–Crippen MR) is 109 cm³/mol. The number of nitrogens with one attached hydrogen (secondary N) is 3. The molecular weight excluding hydrogens is 366 g/mol. The highest BCUT2D eigenvalue weighted by Gasteiger charge is 2.13. The van der Waals surface area contributed by atoms with Crippen molar-refractivity contribution in [1.29, 1.82) is 0 Å². The van der Waals surface area contributed by atoms with Crippen molar-refractivity contribution in [2.75, 3.05) is 5.32 Å². The highest BCUT2D eigenvalue weighted by Crippen LogP contribution is 2.30. The molecule has 0 saturated heterocycles. The van der Waals surface area contributed by atoms with E-state index in [1.54, 1.807) is 36.9 Å². The van der Waals surface area contributed by atoms with E-state index in [-0.39, 0.29) is 5.91 Å². The van der Waals surface area contributed by atoms with Crippen molar-refractivity contribution in [2.45, 2.75) is 0 Å². The first-order valence-electron chi connectivity index (χ1n) is 8.94. The van der Waals surface area contributed by atoms with Crippen LogP contribution in [0, 0.1) is 0 Å². The molecule has 0 unspecified atom stereocenters. The number of pyridine rings is 1. The van der Waals surface area contributed by atoms with Gasteiger partial charge in [0.15, 0.2) is 5.82 Å². The Bertz CT molecular complexity index is 1290. The van der Waals surface area contributed by atoms with Crippen molar-refractivity contribution >= 4 is 22.5 Å². The van der Waals surface area contributed by atoms with Crippen LogP contribution in [0.3, 0.4) is 0 Å². The molecule has 140 valence electrons. The number of benzene rings is 2. The molecule has 5 rings (SSSR count). The maximum atomic E-state index is 12.6. The Morgan fingerprint density at radius 2 is 1.93 bits per heavy atom. The largest absolute Gasteiger partial charge is 0.321 e. The quantitative estimate of drug-likeness (QED) is 0.440. The number of fused-ring (bicyclic) bond motifs is 1. The SMILES string of the molecule is O=C(Nc1cccnc1)c1cccc(-c2n[nH]c3ccc(-c4nc[nH]n4)cc23)c1. The summed E-state index contributed by atoms with van der Waals surface area (Å²) in [6, 6.07) is 16.8. The number of anilines is 1. The van der Waals surface area contributed by atoms with Gasteiger partial charge in [-0.3, -0.25) is 20.0 Å². The van der Waals surface area contributed by atoms with E-state index in [9.17, 15) is 4.79 Å². The summed E-state index contributed by atoms with van der Waals surface area (Å²) in [5.41, 5.74) is 4.55. The number of H-pyrrole nitrogens is 2. The van der Waals surface area contributed by atoms with Gasteiger partial charge in [-0.25, -0.2) is 4.98 Å². The lowest BCUT2D eigenvalue weighted by molar-refractivity contribution is 0.102. The number of amides is 1. The minimum absolute atomic E-state index is 0.207. The van der Waals surface area contributed by atoms with Crippen molar-refractivity contribution in [3.05, 3.63) is 78.9 Å². The number of carbonyl (C=O) groups is 1. The molecule has 3 heterocycles. The third-order valence-corrected chi connectivity index (χ3v) is 4.55. The van der Waals surface area contributed by atoms with Crippen LogP contribution in [-0.4, -0.2) is 36.3 Å². The van der Waals surface area contributed by atoms with Gasteiger partial charge in [-0.2, -0.15) is 10.2 Å². The molecule has 3 N–H and O–H groups in total. The second kappa shape index (κ2) is 7.01. The molecule has 0 atom stereocenters. The average molecular weight is 381 g/mol. The molecule has 0 aliphatic heterocycles. The van der Waals surface area contributed by atoms with Gasteiger partial charge < -0.3 is 5.32 Å². The maximum Gasteiger partial charge on any atom is 0.255 e. The molecule has 3 aromatic heterocycles. The number of nitrogens with zero attached hydrogens (tertiary/aromatic N) is 4. The molecule has 0 bridgehead atoms. The summed E-state index contributed by atoms with van der Waals surface area (Å²) in [6.45, 7) is 0. The lowest BCUT2D eigenvalue weighted by Gasteiger charge is -2.06. The van der Waals surface area contributed by atoms with E-state index < -0.39 is 0 Å². The van der Waals surface area contributed by atoms with Gasteiger partial charge in [0, 0.05) is 28.3 Å². The van der Waals surface area contributed by atoms with E-state index in [0.29, 0.717) is 17.1 Å². The molecule has 0 aliphatic carbocycles. The molecule has 8 heteroatoms. The van der Waals surface area contributed by atoms with Crippen LogP contribution in [0.4, 0.5) is 5.69 Å². The second-order valence-corrected chi connectivity index (χ2v) is 6.43. The summed E-state index contributed by atoms with van der Waals surface area (Å²) >= 11 is 0. The highest BCUT2D eigenvalue weighted by molar-refractivity contribution is 6.05. The van der Waals surface area contributed by atoms with Gasteiger partial charge in [0.2, 0.25) is 0 Å². The summed E-state index contributed by atoms with van der Waals surface area (Å²) in [5, 5.41) is 18.1. The third-order valence-electron chi connectivity index (χ3n) is 4.55. The van der Waals surface area contributed by atoms with Crippen LogP contribution in [-0.2, 0) is 0 Å². The Labute approximate surface area is 165 Å². The topological polar surface area (TPSA) is 112 Å². The molecule has 1 amide bonds. The van der Waals surface area contributed by atoms with E-state index in [1.807, 2.05) is 36.4 Å². The Morgan fingerprint density at radius 3 is 2.76 bits per heavy atom. The number of rotatable bonds is 4. The summed E-state index contributed by atoms with van der Waals surface area (Å²) in [4.78, 5) is 20.8. The molecule has 0 radical (unpaired) electrons. The molecule has 2 aromatic carbocycles. The van der Waals surface area contributed by atoms with E-state index in [1.165, 1.54) is 0 Å². The Hall–Kier alpha value is -4.33. The third kappa shape index (κ3) is 3.23. The van der Waals surface area contributed by atoms with Crippen LogP contribution < -0.4 is 5.32 Å². The minimum atomic E-state index is -0.207. The average Bonchev–Trinajstić information content (AvgIpc) is 3.44. The second-order valence-electron chi connectivity index (χ2n) is 6.43. The van der Waals surface area contributed by atoms with Crippen molar-refractivity contribution in [2.24, 2.45) is 0 Å². The van der Waals surface area contributed by atoms with Crippen LogP contribution in [0.25, 0.3) is 33.5 Å². The van der Waals surface area contributed by atoms with Crippen LogP contribution >= 0.6 is 0 Å². The van der Waals surface area contributed by atoms with Gasteiger partial charge in [-0.1, -0.05) is 12.1 Å². The van der Waals surface area contributed by atoms with Crippen molar-refractivity contribution < 1.29 is 4.79 Å². The van der Waals surface area contributed by atoms with E-state index in [4.69, 9.17) is 0 Å². The van der Waals surface area contributed by atoms with Crippen LogP contribution in [0.15, 0.2) is 73.3 Å². The molecule has 0 fully saturated rings. The normalized spacial score (nSPS) is 10.9. The Balaban J connectivity index is 1.51. The van der Waals surface area contributed by atoms with Gasteiger partial charge in [0.1, 0.15) is 6.33 Å². The number of hydrogen-bond donors (Lipinski definition) is 3. The smallest absolute Gasteiger partial charge is 0.255 e. The van der Waals surface area contributed by atoms with Crippen molar-refractivity contribution in [3.8, 4) is 22.6 Å². The van der Waals surface area contributed by atoms with Crippen LogP contribution in [0.1, 0.15) is 10.4 Å². The monoisotopic (exact) mass is 381 g/mol. The predicted octanol–water partition coefficient (Wildman–Crippen LogP) is 3.66.